The molecule has 0 radical (unpaired) electrons. The average Bonchev–Trinajstić information content (AvgIpc) is 2.73. The van der Waals surface area contributed by atoms with E-state index in [1.165, 1.54) is 0 Å². The van der Waals surface area contributed by atoms with Crippen molar-refractivity contribution in [3.63, 3.8) is 0 Å². The zero-order chi connectivity index (χ0) is 22.1. The Morgan fingerprint density at radius 3 is 2.67 bits per heavy atom. The average molecular weight is 476 g/mol. The van der Waals surface area contributed by atoms with Crippen molar-refractivity contribution in [3.8, 4) is 23.3 Å². The zero-order valence-electron chi connectivity index (χ0n) is 17.6. The van der Waals surface area contributed by atoms with Crippen LogP contribution in [0, 0.1) is 11.3 Å². The van der Waals surface area contributed by atoms with Crippen LogP contribution in [-0.4, -0.2) is 51.8 Å². The molecule has 7 nitrogen and oxygen atoms in total. The smallest absolute Gasteiger partial charge is 0.258 e. The number of nitriles is 1. The number of amides is 1. The van der Waals surface area contributed by atoms with Gasteiger partial charge < -0.3 is 24.4 Å². The van der Waals surface area contributed by atoms with Gasteiger partial charge in [0.25, 0.3) is 5.91 Å². The van der Waals surface area contributed by atoms with Crippen molar-refractivity contribution < 1.29 is 19.0 Å². The first-order valence-electron chi connectivity index (χ1n) is 9.45. The van der Waals surface area contributed by atoms with Gasteiger partial charge in [0, 0.05) is 12.6 Å². The van der Waals surface area contributed by atoms with E-state index in [1.807, 2.05) is 50.2 Å². The largest absolute Gasteiger partial charge is 0.497 e. The summed E-state index contributed by atoms with van der Waals surface area (Å²) in [6.07, 6.45) is 0. The Morgan fingerprint density at radius 2 is 2.03 bits per heavy atom. The summed E-state index contributed by atoms with van der Waals surface area (Å²) < 4.78 is 17.1. The van der Waals surface area contributed by atoms with E-state index in [-0.39, 0.29) is 18.6 Å². The Morgan fingerprint density at radius 1 is 1.27 bits per heavy atom. The molecule has 0 aliphatic carbocycles. The van der Waals surface area contributed by atoms with E-state index in [0.717, 1.165) is 11.3 Å². The van der Waals surface area contributed by atoms with E-state index < -0.39 is 0 Å². The monoisotopic (exact) mass is 475 g/mol. The van der Waals surface area contributed by atoms with Crippen LogP contribution in [0.25, 0.3) is 0 Å². The lowest BCUT2D eigenvalue weighted by Gasteiger charge is -2.25. The number of carbonyl (C=O) groups is 1. The number of nitrogens with zero attached hydrogens (tertiary/aromatic N) is 2. The van der Waals surface area contributed by atoms with Crippen molar-refractivity contribution in [1.29, 1.82) is 5.26 Å². The summed E-state index contributed by atoms with van der Waals surface area (Å²) in [4.78, 5) is 14.4. The number of methoxy groups -OCH3 is 1. The number of hydrogen-bond donors (Lipinski definition) is 1. The Bertz CT molecular complexity index is 912. The number of rotatable bonds is 10. The second-order valence-corrected chi connectivity index (χ2v) is 7.53. The Kier molecular flexibility index (Phi) is 8.96. The molecule has 1 N–H and O–H groups in total. The van der Waals surface area contributed by atoms with Crippen LogP contribution >= 0.6 is 15.9 Å². The number of benzene rings is 2. The topological polar surface area (TPSA) is 83.8 Å². The molecule has 2 aromatic rings. The lowest BCUT2D eigenvalue weighted by atomic mass is 10.1. The first kappa shape index (κ1) is 23.5. The highest BCUT2D eigenvalue weighted by Gasteiger charge is 2.18. The van der Waals surface area contributed by atoms with Crippen molar-refractivity contribution in [3.05, 3.63) is 52.0 Å². The summed E-state index contributed by atoms with van der Waals surface area (Å²) in [7, 11) is 5.53. The van der Waals surface area contributed by atoms with Crippen molar-refractivity contribution >= 4 is 21.8 Å². The summed E-state index contributed by atoms with van der Waals surface area (Å²) in [5, 5.41) is 12.0. The molecule has 1 atom stereocenters. The van der Waals surface area contributed by atoms with Gasteiger partial charge in [-0.15, -0.1) is 0 Å². The van der Waals surface area contributed by atoms with E-state index in [9.17, 15) is 4.79 Å². The van der Waals surface area contributed by atoms with Crippen LogP contribution in [0.2, 0.25) is 0 Å². The van der Waals surface area contributed by atoms with Crippen LogP contribution in [0.3, 0.4) is 0 Å². The lowest BCUT2D eigenvalue weighted by molar-refractivity contribution is -0.123. The maximum Gasteiger partial charge on any atom is 0.258 e. The van der Waals surface area contributed by atoms with Crippen LogP contribution in [0.1, 0.15) is 24.1 Å². The first-order valence-corrected chi connectivity index (χ1v) is 10.2. The molecule has 0 fully saturated rings. The van der Waals surface area contributed by atoms with Crippen molar-refractivity contribution in [1.82, 2.24) is 10.2 Å². The lowest BCUT2D eigenvalue weighted by Crippen LogP contribution is -2.37. The van der Waals surface area contributed by atoms with E-state index in [4.69, 9.17) is 19.5 Å². The molecule has 0 aromatic heterocycles. The molecule has 0 saturated heterocycles. The van der Waals surface area contributed by atoms with Gasteiger partial charge in [0.1, 0.15) is 5.75 Å². The maximum atomic E-state index is 12.4. The van der Waals surface area contributed by atoms with E-state index in [0.29, 0.717) is 34.7 Å². The molecule has 0 aliphatic heterocycles. The van der Waals surface area contributed by atoms with E-state index >= 15 is 0 Å². The van der Waals surface area contributed by atoms with Crippen LogP contribution < -0.4 is 19.5 Å². The normalized spacial score (nSPS) is 11.5. The van der Waals surface area contributed by atoms with Crippen LogP contribution in [-0.2, 0) is 4.79 Å². The predicted molar refractivity (Wildman–Crippen MR) is 118 cm³/mol. The van der Waals surface area contributed by atoms with Gasteiger partial charge >= 0.3 is 0 Å². The molecule has 0 aliphatic rings. The SMILES string of the molecule is CCOc1cc(C#N)cc(Br)c1OCC(=O)NCC(c1cccc(OC)c1)N(C)C. The summed E-state index contributed by atoms with van der Waals surface area (Å²) in [5.41, 5.74) is 1.48. The maximum absolute atomic E-state index is 12.4. The summed E-state index contributed by atoms with van der Waals surface area (Å²) >= 11 is 3.38. The van der Waals surface area contributed by atoms with Crippen LogP contribution in [0.4, 0.5) is 0 Å². The van der Waals surface area contributed by atoms with Gasteiger partial charge in [0.05, 0.1) is 35.9 Å². The minimum atomic E-state index is -0.261. The van der Waals surface area contributed by atoms with Gasteiger partial charge in [-0.25, -0.2) is 0 Å². The zero-order valence-corrected chi connectivity index (χ0v) is 19.2. The predicted octanol–water partition coefficient (Wildman–Crippen LogP) is 3.53. The second-order valence-electron chi connectivity index (χ2n) is 6.68. The Balaban J connectivity index is 2.02. The molecule has 1 unspecified atom stereocenters. The van der Waals surface area contributed by atoms with Crippen molar-refractivity contribution in [2.24, 2.45) is 0 Å². The molecule has 2 aromatic carbocycles. The number of nitrogens with one attached hydrogen (secondary N) is 1. The van der Waals surface area contributed by atoms with Crippen LogP contribution in [0.15, 0.2) is 40.9 Å². The number of likely N-dealkylation sites (N-methyl/N-ethyl adjacent to an activating group) is 1. The minimum Gasteiger partial charge on any atom is -0.497 e. The van der Waals surface area contributed by atoms with Gasteiger partial charge in [-0.2, -0.15) is 5.26 Å². The Labute approximate surface area is 185 Å². The number of halogens is 1. The van der Waals surface area contributed by atoms with Gasteiger partial charge in [0.15, 0.2) is 18.1 Å². The second kappa shape index (κ2) is 11.4. The summed E-state index contributed by atoms with van der Waals surface area (Å²) in [5.74, 6) is 1.31. The molecule has 0 bridgehead atoms. The number of ether oxygens (including phenoxy) is 3. The molecule has 0 heterocycles. The fourth-order valence-corrected chi connectivity index (χ4v) is 3.44. The van der Waals surface area contributed by atoms with Gasteiger partial charge in [-0.05, 0) is 60.7 Å². The number of carbonyl (C=O) groups excluding carboxylic acids is 1. The minimum absolute atomic E-state index is 0.0234. The number of hydrogen-bond acceptors (Lipinski definition) is 6. The first-order chi connectivity index (χ1) is 14.4. The molecule has 0 spiro atoms. The third-order valence-electron chi connectivity index (χ3n) is 4.38. The molecule has 160 valence electrons. The van der Waals surface area contributed by atoms with Crippen molar-refractivity contribution in [2.75, 3.05) is 41.0 Å². The third kappa shape index (κ3) is 6.37. The van der Waals surface area contributed by atoms with E-state index in [1.54, 1.807) is 19.2 Å². The third-order valence-corrected chi connectivity index (χ3v) is 4.97. The molecule has 2 rings (SSSR count). The molecule has 8 heteroatoms. The Hall–Kier alpha value is -2.76. The van der Waals surface area contributed by atoms with Gasteiger partial charge in [-0.3, -0.25) is 4.79 Å². The van der Waals surface area contributed by atoms with Gasteiger partial charge in [-0.1, -0.05) is 12.1 Å². The van der Waals surface area contributed by atoms with Crippen LogP contribution in [0.5, 0.6) is 17.2 Å². The molecular weight excluding hydrogens is 450 g/mol. The van der Waals surface area contributed by atoms with E-state index in [2.05, 4.69) is 27.3 Å². The molecular formula is C22H26BrN3O4. The van der Waals surface area contributed by atoms with Crippen molar-refractivity contribution in [2.45, 2.75) is 13.0 Å². The molecule has 1 amide bonds. The summed E-state index contributed by atoms with van der Waals surface area (Å²) in [6.45, 7) is 2.48. The summed E-state index contributed by atoms with van der Waals surface area (Å²) in [6, 6.07) is 13.0. The molecule has 0 saturated carbocycles. The highest BCUT2D eigenvalue weighted by atomic mass is 79.9. The standard InChI is InChI=1S/C22H26BrN3O4/c1-5-29-20-10-15(12-24)9-18(23)22(20)30-14-21(27)25-13-19(26(2)3)16-7-6-8-17(11-16)28-4/h6-11,19H,5,13-14H2,1-4H3,(H,25,27). The fraction of sp³-hybridized carbons (Fsp3) is 0.364. The quantitative estimate of drug-likeness (QED) is 0.565. The fourth-order valence-electron chi connectivity index (χ4n) is 2.88. The highest BCUT2D eigenvalue weighted by Crippen LogP contribution is 2.36. The highest BCUT2D eigenvalue weighted by molar-refractivity contribution is 9.10. The van der Waals surface area contributed by atoms with Gasteiger partial charge in [0.2, 0.25) is 0 Å². The molecule has 30 heavy (non-hydrogen) atoms.